The minimum Gasteiger partial charge on any atom is -0.444 e. The summed E-state index contributed by atoms with van der Waals surface area (Å²) in [5, 5.41) is 2.24. The molecule has 5 amide bonds. The second-order valence-corrected chi connectivity index (χ2v) is 14.1. The monoisotopic (exact) mass is 623 g/mol. The third-order valence-electron chi connectivity index (χ3n) is 9.63. The molecule has 45 heavy (non-hydrogen) atoms. The number of imide groups is 2. The Bertz CT molecular complexity index is 1340. The molecule has 0 saturated carbocycles. The van der Waals surface area contributed by atoms with Gasteiger partial charge in [0, 0.05) is 57.9 Å². The van der Waals surface area contributed by atoms with Crippen molar-refractivity contribution >= 4 is 35.4 Å². The number of rotatable bonds is 6. The van der Waals surface area contributed by atoms with E-state index in [0.29, 0.717) is 17.0 Å². The van der Waals surface area contributed by atoms with Gasteiger partial charge in [0.05, 0.1) is 23.3 Å². The number of ether oxygens (including phenoxy) is 2. The maximum atomic E-state index is 13.2. The number of hydrogen-bond acceptors (Lipinski definition) is 9. The van der Waals surface area contributed by atoms with Crippen LogP contribution in [0.4, 0.5) is 10.5 Å². The summed E-state index contributed by atoms with van der Waals surface area (Å²) in [7, 11) is 0. The molecule has 0 aliphatic carbocycles. The van der Waals surface area contributed by atoms with Crippen LogP contribution in [-0.4, -0.2) is 114 Å². The van der Waals surface area contributed by atoms with Gasteiger partial charge in [0.15, 0.2) is 0 Å². The molecule has 5 aliphatic rings. The molecule has 0 radical (unpaired) electrons. The van der Waals surface area contributed by atoms with Crippen LogP contribution in [0.1, 0.15) is 86.4 Å². The van der Waals surface area contributed by atoms with E-state index in [-0.39, 0.29) is 37.0 Å². The number of nitrogens with zero attached hydrogens (tertiary/aromatic N) is 4. The van der Waals surface area contributed by atoms with E-state index in [4.69, 9.17) is 9.47 Å². The van der Waals surface area contributed by atoms with Crippen LogP contribution in [0, 0.1) is 5.92 Å². The topological polar surface area (TPSA) is 129 Å². The molecule has 1 aromatic carbocycles. The zero-order valence-corrected chi connectivity index (χ0v) is 26.6. The van der Waals surface area contributed by atoms with E-state index in [1.54, 1.807) is 12.1 Å². The SMILES string of the molecule is CC(C)(C)OC(=O)N1CCC(CN2CC[C@H](OC3CCN(c4ccc5c(c4)C(=O)N(C4CCC(=O)NC4=O)C5=O)CC3)C2)CC1. The minimum atomic E-state index is -0.963. The van der Waals surface area contributed by atoms with Gasteiger partial charge < -0.3 is 24.2 Å². The molecule has 2 atom stereocenters. The molecular weight excluding hydrogens is 578 g/mol. The smallest absolute Gasteiger partial charge is 0.410 e. The molecule has 12 heteroatoms. The minimum absolute atomic E-state index is 0.0989. The second-order valence-electron chi connectivity index (χ2n) is 14.1. The van der Waals surface area contributed by atoms with Crippen molar-refractivity contribution in [3.8, 4) is 0 Å². The molecule has 4 fully saturated rings. The lowest BCUT2D eigenvalue weighted by Gasteiger charge is -2.35. The summed E-state index contributed by atoms with van der Waals surface area (Å²) in [6, 6.07) is 4.34. The summed E-state index contributed by atoms with van der Waals surface area (Å²) in [4.78, 5) is 70.1. The molecular formula is C33H45N5O7. The average molecular weight is 624 g/mol. The first-order valence-electron chi connectivity index (χ1n) is 16.4. The first kappa shape index (κ1) is 31.5. The predicted octanol–water partition coefficient (Wildman–Crippen LogP) is 2.79. The van der Waals surface area contributed by atoms with Crippen LogP contribution in [0.2, 0.25) is 0 Å². The van der Waals surface area contributed by atoms with Gasteiger partial charge >= 0.3 is 6.09 Å². The van der Waals surface area contributed by atoms with Crippen LogP contribution in [0.25, 0.3) is 0 Å². The van der Waals surface area contributed by atoms with Gasteiger partial charge in [-0.3, -0.25) is 29.4 Å². The highest BCUT2D eigenvalue weighted by molar-refractivity contribution is 6.23. The first-order chi connectivity index (χ1) is 21.4. The van der Waals surface area contributed by atoms with Crippen molar-refractivity contribution in [3.63, 3.8) is 0 Å². The standard InChI is InChI=1S/C33H45N5O7/c1-33(2,3)45-32(43)37-14-8-21(9-15-37)19-35-13-10-24(20-35)44-23-11-16-36(17-12-23)22-4-5-25-26(18-22)31(42)38(30(25)41)27-6-7-28(39)34-29(27)40/h4-5,18,21,23-24,27H,6-17,19-20H2,1-3H3,(H,34,39,40)/t24-,27?/m0/s1. The van der Waals surface area contributed by atoms with Crippen molar-refractivity contribution in [2.45, 2.75) is 89.6 Å². The molecule has 12 nitrogen and oxygen atoms in total. The molecule has 244 valence electrons. The average Bonchev–Trinajstić information content (AvgIpc) is 3.53. The highest BCUT2D eigenvalue weighted by Crippen LogP contribution is 2.32. The lowest BCUT2D eigenvalue weighted by molar-refractivity contribution is -0.136. The molecule has 5 aliphatic heterocycles. The van der Waals surface area contributed by atoms with Gasteiger partial charge in [-0.25, -0.2) is 4.79 Å². The summed E-state index contributed by atoms with van der Waals surface area (Å²) in [5.41, 5.74) is 1.01. The Morgan fingerprint density at radius 1 is 0.867 bits per heavy atom. The number of carbonyl (C=O) groups excluding carboxylic acids is 5. The van der Waals surface area contributed by atoms with E-state index < -0.39 is 29.4 Å². The number of carbonyl (C=O) groups is 5. The molecule has 5 heterocycles. The van der Waals surface area contributed by atoms with Gasteiger partial charge in [-0.05, 0) is 83.4 Å². The first-order valence-corrected chi connectivity index (χ1v) is 16.4. The third kappa shape index (κ3) is 7.01. The highest BCUT2D eigenvalue weighted by Gasteiger charge is 2.45. The molecule has 0 aromatic heterocycles. The van der Waals surface area contributed by atoms with Crippen LogP contribution < -0.4 is 10.2 Å². The van der Waals surface area contributed by atoms with Gasteiger partial charge in [-0.15, -0.1) is 0 Å². The Hall–Kier alpha value is -3.51. The fourth-order valence-corrected chi connectivity index (χ4v) is 7.24. The second kappa shape index (κ2) is 12.7. The number of nitrogens with one attached hydrogen (secondary N) is 1. The van der Waals surface area contributed by atoms with Crippen molar-refractivity contribution in [3.05, 3.63) is 29.3 Å². The van der Waals surface area contributed by atoms with Crippen molar-refractivity contribution in [1.29, 1.82) is 0 Å². The van der Waals surface area contributed by atoms with Crippen LogP contribution >= 0.6 is 0 Å². The Morgan fingerprint density at radius 3 is 2.24 bits per heavy atom. The fourth-order valence-electron chi connectivity index (χ4n) is 7.24. The molecule has 0 bridgehead atoms. The van der Waals surface area contributed by atoms with Crippen molar-refractivity contribution in [2.75, 3.05) is 50.7 Å². The van der Waals surface area contributed by atoms with Crippen LogP contribution in [-0.2, 0) is 19.1 Å². The highest BCUT2D eigenvalue weighted by atomic mass is 16.6. The van der Waals surface area contributed by atoms with E-state index in [1.165, 1.54) is 0 Å². The zero-order valence-electron chi connectivity index (χ0n) is 26.6. The quantitative estimate of drug-likeness (QED) is 0.476. The van der Waals surface area contributed by atoms with Gasteiger partial charge in [-0.1, -0.05) is 0 Å². The molecule has 6 rings (SSSR count). The summed E-state index contributed by atoms with van der Waals surface area (Å²) < 4.78 is 12.1. The molecule has 1 unspecified atom stereocenters. The largest absolute Gasteiger partial charge is 0.444 e. The van der Waals surface area contributed by atoms with Crippen molar-refractivity contribution in [1.82, 2.24) is 20.0 Å². The normalized spacial score (nSPS) is 25.6. The summed E-state index contributed by atoms with van der Waals surface area (Å²) in [6.45, 7) is 11.8. The van der Waals surface area contributed by atoms with Gasteiger partial charge in [0.25, 0.3) is 11.8 Å². The van der Waals surface area contributed by atoms with E-state index >= 15 is 0 Å². The molecule has 1 aromatic rings. The number of likely N-dealkylation sites (tertiary alicyclic amines) is 2. The number of amides is 5. The summed E-state index contributed by atoms with van der Waals surface area (Å²) >= 11 is 0. The van der Waals surface area contributed by atoms with Crippen LogP contribution in [0.15, 0.2) is 18.2 Å². The van der Waals surface area contributed by atoms with Crippen molar-refractivity contribution in [2.24, 2.45) is 5.92 Å². The van der Waals surface area contributed by atoms with E-state index in [0.717, 1.165) is 88.5 Å². The van der Waals surface area contributed by atoms with E-state index in [9.17, 15) is 24.0 Å². The van der Waals surface area contributed by atoms with Crippen LogP contribution in [0.5, 0.6) is 0 Å². The van der Waals surface area contributed by atoms with Gasteiger partial charge in [0.2, 0.25) is 11.8 Å². The third-order valence-corrected chi connectivity index (χ3v) is 9.63. The number of fused-ring (bicyclic) bond motifs is 1. The zero-order chi connectivity index (χ0) is 31.9. The molecule has 1 N–H and O–H groups in total. The maximum absolute atomic E-state index is 13.2. The number of anilines is 1. The van der Waals surface area contributed by atoms with Crippen molar-refractivity contribution < 1.29 is 33.4 Å². The lowest BCUT2D eigenvalue weighted by Crippen LogP contribution is -2.54. The maximum Gasteiger partial charge on any atom is 0.410 e. The van der Waals surface area contributed by atoms with Gasteiger partial charge in [-0.2, -0.15) is 0 Å². The Morgan fingerprint density at radius 2 is 1.56 bits per heavy atom. The Labute approximate surface area is 264 Å². The molecule has 0 spiro atoms. The van der Waals surface area contributed by atoms with E-state index in [1.807, 2.05) is 31.7 Å². The fraction of sp³-hybridized carbons (Fsp3) is 0.667. The summed E-state index contributed by atoms with van der Waals surface area (Å²) in [5.74, 6) is -1.38. The Balaban J connectivity index is 0.944. The van der Waals surface area contributed by atoms with Crippen LogP contribution in [0.3, 0.4) is 0 Å². The molecule has 4 saturated heterocycles. The number of piperidine rings is 3. The summed E-state index contributed by atoms with van der Waals surface area (Å²) in [6.07, 6.45) is 5.23. The number of benzene rings is 1. The lowest BCUT2D eigenvalue weighted by atomic mass is 9.96. The van der Waals surface area contributed by atoms with Gasteiger partial charge in [0.1, 0.15) is 11.6 Å². The van der Waals surface area contributed by atoms with E-state index in [2.05, 4.69) is 15.1 Å². The Kier molecular flexibility index (Phi) is 8.89. The number of hydrogen-bond donors (Lipinski definition) is 1. The predicted molar refractivity (Wildman–Crippen MR) is 165 cm³/mol.